The Labute approximate surface area is 176 Å². The Morgan fingerprint density at radius 3 is 2.70 bits per heavy atom. The molecule has 2 saturated heterocycles. The van der Waals surface area contributed by atoms with Gasteiger partial charge in [-0.25, -0.2) is 0 Å². The topological polar surface area (TPSA) is 65.6 Å². The molecule has 2 aliphatic rings. The van der Waals surface area contributed by atoms with E-state index < -0.39 is 6.10 Å². The molecule has 30 heavy (non-hydrogen) atoms. The van der Waals surface area contributed by atoms with Crippen LogP contribution in [0, 0.1) is 11.8 Å². The molecule has 3 heterocycles. The molecule has 2 aromatic carbocycles. The van der Waals surface area contributed by atoms with Crippen LogP contribution in [0.25, 0.3) is 10.9 Å². The van der Waals surface area contributed by atoms with Gasteiger partial charge in [0.2, 0.25) is 5.91 Å². The summed E-state index contributed by atoms with van der Waals surface area (Å²) in [6, 6.07) is 20.2. The van der Waals surface area contributed by atoms with Crippen LogP contribution in [0.2, 0.25) is 0 Å². The number of para-hydroxylation sites is 1. The maximum atomic E-state index is 13.1. The summed E-state index contributed by atoms with van der Waals surface area (Å²) in [4.78, 5) is 18.4. The number of H-pyrrole nitrogens is 1. The number of carbonyl (C=O) groups is 1. The van der Waals surface area contributed by atoms with Crippen LogP contribution in [-0.4, -0.2) is 33.7 Å². The molecular weight excluding hydrogens is 376 g/mol. The highest BCUT2D eigenvalue weighted by Gasteiger charge is 2.49. The molecule has 0 spiro atoms. The van der Waals surface area contributed by atoms with Gasteiger partial charge in [0, 0.05) is 23.5 Å². The molecule has 0 radical (unpaired) electrons. The molecule has 0 aliphatic carbocycles. The second kappa shape index (κ2) is 7.89. The second-order valence-corrected chi connectivity index (χ2v) is 8.55. The Hall–Kier alpha value is -2.63. The van der Waals surface area contributed by atoms with E-state index in [1.54, 1.807) is 0 Å². The molecule has 5 heteroatoms. The van der Waals surface area contributed by atoms with Crippen LogP contribution in [0.4, 0.5) is 0 Å². The number of aliphatic hydroxyl groups is 1. The molecule has 3 aromatic rings. The van der Waals surface area contributed by atoms with Crippen LogP contribution < -0.4 is 0 Å². The number of rotatable bonds is 5. The summed E-state index contributed by atoms with van der Waals surface area (Å²) < 4.78 is 6.18. The molecule has 2 aliphatic heterocycles. The number of hydrogen-bond donors (Lipinski definition) is 2. The molecule has 2 fully saturated rings. The van der Waals surface area contributed by atoms with Gasteiger partial charge in [-0.1, -0.05) is 55.5 Å². The van der Waals surface area contributed by atoms with Gasteiger partial charge in [0.25, 0.3) is 0 Å². The number of hydrogen-bond acceptors (Lipinski definition) is 3. The lowest BCUT2D eigenvalue weighted by Crippen LogP contribution is -2.50. The zero-order chi connectivity index (χ0) is 20.7. The van der Waals surface area contributed by atoms with E-state index >= 15 is 0 Å². The molecule has 1 aromatic heterocycles. The molecule has 5 nitrogen and oxygen atoms in total. The van der Waals surface area contributed by atoms with Gasteiger partial charge in [0.05, 0.1) is 18.8 Å². The van der Waals surface area contributed by atoms with E-state index in [4.69, 9.17) is 4.74 Å². The number of nitrogens with zero attached hydrogens (tertiary/aromatic N) is 1. The highest BCUT2D eigenvalue weighted by Crippen LogP contribution is 2.45. The minimum absolute atomic E-state index is 0.0164. The number of benzene rings is 2. The van der Waals surface area contributed by atoms with Gasteiger partial charge in [0.15, 0.2) is 0 Å². The average molecular weight is 405 g/mol. The third-order valence-electron chi connectivity index (χ3n) is 6.82. The van der Waals surface area contributed by atoms with Crippen LogP contribution in [0.1, 0.15) is 49.6 Å². The van der Waals surface area contributed by atoms with E-state index in [1.165, 1.54) is 0 Å². The average Bonchev–Trinajstić information content (AvgIpc) is 3.40. The van der Waals surface area contributed by atoms with E-state index in [1.807, 2.05) is 53.4 Å². The van der Waals surface area contributed by atoms with Gasteiger partial charge in [-0.15, -0.1) is 0 Å². The molecule has 5 rings (SSSR count). The van der Waals surface area contributed by atoms with Crippen LogP contribution in [0.3, 0.4) is 0 Å². The minimum Gasteiger partial charge on any atom is -0.387 e. The number of fused-ring (bicyclic) bond motifs is 2. The van der Waals surface area contributed by atoms with Gasteiger partial charge < -0.3 is 19.7 Å². The maximum Gasteiger partial charge on any atom is 0.225 e. The van der Waals surface area contributed by atoms with Crippen molar-refractivity contribution in [1.82, 2.24) is 9.88 Å². The van der Waals surface area contributed by atoms with Gasteiger partial charge in [-0.2, -0.15) is 0 Å². The Morgan fingerprint density at radius 1 is 1.17 bits per heavy atom. The first-order valence-electron chi connectivity index (χ1n) is 10.9. The van der Waals surface area contributed by atoms with E-state index in [-0.39, 0.29) is 30.0 Å². The fraction of sp³-hybridized carbons (Fsp3) is 0.400. The quantitative estimate of drug-likeness (QED) is 0.655. The van der Waals surface area contributed by atoms with E-state index in [0.29, 0.717) is 19.4 Å². The van der Waals surface area contributed by atoms with Crippen molar-refractivity contribution in [3.05, 3.63) is 71.9 Å². The smallest absolute Gasteiger partial charge is 0.225 e. The first-order valence-corrected chi connectivity index (χ1v) is 10.9. The SMILES string of the molecule is CC[C@H]1[C@@H](C[C@@H](O)c2cc3ccccc3[nH]2)CC(=O)N2[C@@H]1OC[C@H]2c1ccccc1. The van der Waals surface area contributed by atoms with Crippen molar-refractivity contribution in [2.45, 2.75) is 44.6 Å². The highest BCUT2D eigenvalue weighted by atomic mass is 16.5. The molecule has 0 saturated carbocycles. The minimum atomic E-state index is -0.623. The zero-order valence-corrected chi connectivity index (χ0v) is 17.2. The number of nitrogens with one attached hydrogen (secondary N) is 1. The summed E-state index contributed by atoms with van der Waals surface area (Å²) in [5.41, 5.74) is 2.96. The summed E-state index contributed by atoms with van der Waals surface area (Å²) in [6.07, 6.45) is 1.10. The Balaban J connectivity index is 1.35. The number of ether oxygens (including phenoxy) is 1. The third kappa shape index (κ3) is 3.32. The maximum absolute atomic E-state index is 13.1. The molecule has 5 atom stereocenters. The fourth-order valence-corrected chi connectivity index (χ4v) is 5.30. The summed E-state index contributed by atoms with van der Waals surface area (Å²) in [6.45, 7) is 2.69. The van der Waals surface area contributed by atoms with Crippen LogP contribution in [0.15, 0.2) is 60.7 Å². The van der Waals surface area contributed by atoms with Gasteiger partial charge >= 0.3 is 0 Å². The fourth-order valence-electron chi connectivity index (χ4n) is 5.30. The van der Waals surface area contributed by atoms with Crippen molar-refractivity contribution < 1.29 is 14.6 Å². The van der Waals surface area contributed by atoms with E-state index in [9.17, 15) is 9.90 Å². The monoisotopic (exact) mass is 404 g/mol. The molecule has 156 valence electrons. The number of aliphatic hydroxyl groups excluding tert-OH is 1. The van der Waals surface area contributed by atoms with Crippen LogP contribution in [0.5, 0.6) is 0 Å². The Bertz CT molecular complexity index is 998. The summed E-state index contributed by atoms with van der Waals surface area (Å²) >= 11 is 0. The molecule has 0 bridgehead atoms. The standard InChI is InChI=1S/C25H28N2O3/c1-2-19-18(13-23(28)21-12-17-10-6-7-11-20(17)26-21)14-24(29)27-22(15-30-25(19)27)16-8-4-3-5-9-16/h3-12,18-19,22-23,25-26,28H,2,13-15H2,1H3/t18-,19-,22-,23+,25+/m0/s1. The Morgan fingerprint density at radius 2 is 1.93 bits per heavy atom. The summed E-state index contributed by atoms with van der Waals surface area (Å²) in [5, 5.41) is 12.0. The van der Waals surface area contributed by atoms with Gasteiger partial charge in [-0.3, -0.25) is 4.79 Å². The predicted octanol–water partition coefficient (Wildman–Crippen LogP) is 4.56. The number of amides is 1. The van der Waals surface area contributed by atoms with Crippen molar-refractivity contribution in [1.29, 1.82) is 0 Å². The predicted molar refractivity (Wildman–Crippen MR) is 116 cm³/mol. The third-order valence-corrected chi connectivity index (χ3v) is 6.82. The summed E-state index contributed by atoms with van der Waals surface area (Å²) in [5.74, 6) is 0.444. The number of aromatic amines is 1. The van der Waals surface area contributed by atoms with Crippen molar-refractivity contribution in [2.75, 3.05) is 6.61 Å². The largest absolute Gasteiger partial charge is 0.387 e. The Kier molecular flexibility index (Phi) is 5.09. The van der Waals surface area contributed by atoms with Gasteiger partial charge in [0.1, 0.15) is 6.23 Å². The summed E-state index contributed by atoms with van der Waals surface area (Å²) in [7, 11) is 0. The van der Waals surface area contributed by atoms with Crippen molar-refractivity contribution in [2.24, 2.45) is 11.8 Å². The molecular formula is C25H28N2O3. The molecule has 0 unspecified atom stereocenters. The lowest BCUT2D eigenvalue weighted by atomic mass is 9.78. The van der Waals surface area contributed by atoms with Crippen LogP contribution in [-0.2, 0) is 9.53 Å². The molecule has 1 amide bonds. The first-order chi connectivity index (χ1) is 14.7. The number of carbonyl (C=O) groups excluding carboxylic acids is 1. The normalized spacial score (nSPS) is 27.4. The highest BCUT2D eigenvalue weighted by molar-refractivity contribution is 5.80. The van der Waals surface area contributed by atoms with Crippen LogP contribution >= 0.6 is 0 Å². The zero-order valence-electron chi connectivity index (χ0n) is 17.2. The lowest BCUT2D eigenvalue weighted by molar-refractivity contribution is -0.154. The van der Waals surface area contributed by atoms with Crippen molar-refractivity contribution >= 4 is 16.8 Å². The van der Waals surface area contributed by atoms with Crippen molar-refractivity contribution in [3.63, 3.8) is 0 Å². The lowest BCUT2D eigenvalue weighted by Gasteiger charge is -2.42. The number of piperidine rings is 1. The van der Waals surface area contributed by atoms with E-state index in [2.05, 4.69) is 24.0 Å². The molecule has 2 N–H and O–H groups in total. The first kappa shape index (κ1) is 19.3. The van der Waals surface area contributed by atoms with Crippen molar-refractivity contribution in [3.8, 4) is 0 Å². The van der Waals surface area contributed by atoms with Gasteiger partial charge in [-0.05, 0) is 41.8 Å². The number of aromatic nitrogens is 1. The second-order valence-electron chi connectivity index (χ2n) is 8.55. The van der Waals surface area contributed by atoms with E-state index in [0.717, 1.165) is 28.6 Å².